The smallest absolute Gasteiger partial charge is 0.226 e. The molecule has 0 aromatic heterocycles. The third kappa shape index (κ3) is 1.97. The van der Waals surface area contributed by atoms with Crippen LogP contribution in [0.4, 0.5) is 0 Å². The molecule has 3 nitrogen and oxygen atoms in total. The van der Waals surface area contributed by atoms with E-state index in [1.807, 2.05) is 7.05 Å². The van der Waals surface area contributed by atoms with Gasteiger partial charge in [-0.15, -0.1) is 0 Å². The van der Waals surface area contributed by atoms with Crippen molar-refractivity contribution in [3.05, 3.63) is 0 Å². The lowest BCUT2D eigenvalue weighted by Gasteiger charge is -2.25. The minimum Gasteiger partial charge on any atom is -0.338 e. The summed E-state index contributed by atoms with van der Waals surface area (Å²) >= 11 is 0. The van der Waals surface area contributed by atoms with Gasteiger partial charge in [0, 0.05) is 25.0 Å². The van der Waals surface area contributed by atoms with Gasteiger partial charge in [0.05, 0.1) is 0 Å². The van der Waals surface area contributed by atoms with Gasteiger partial charge in [0.25, 0.3) is 0 Å². The highest BCUT2D eigenvalue weighted by atomic mass is 16.2. The van der Waals surface area contributed by atoms with E-state index >= 15 is 0 Å². The Bertz CT molecular complexity index is 279. The third-order valence-electron chi connectivity index (χ3n) is 4.56. The molecule has 1 N–H and O–H groups in total. The van der Waals surface area contributed by atoms with Crippen LogP contribution in [0.15, 0.2) is 0 Å². The minimum absolute atomic E-state index is 0.309. The van der Waals surface area contributed by atoms with Crippen molar-refractivity contribution >= 4 is 5.91 Å². The van der Waals surface area contributed by atoms with E-state index in [0.29, 0.717) is 23.3 Å². The molecule has 1 amide bonds. The summed E-state index contributed by atoms with van der Waals surface area (Å²) in [5, 5.41) is 3.19. The van der Waals surface area contributed by atoms with Crippen molar-refractivity contribution in [2.45, 2.75) is 45.6 Å². The van der Waals surface area contributed by atoms with Crippen molar-refractivity contribution in [2.24, 2.45) is 11.3 Å². The first-order valence-corrected chi connectivity index (χ1v) is 6.57. The van der Waals surface area contributed by atoms with E-state index in [2.05, 4.69) is 24.1 Å². The number of nitrogens with one attached hydrogen (secondary N) is 1. The van der Waals surface area contributed by atoms with Crippen LogP contribution in [0, 0.1) is 11.3 Å². The van der Waals surface area contributed by atoms with Crippen LogP contribution in [0.1, 0.15) is 39.5 Å². The normalized spacial score (nSPS) is 37.8. The molecule has 92 valence electrons. The van der Waals surface area contributed by atoms with Gasteiger partial charge in [0.2, 0.25) is 5.91 Å². The van der Waals surface area contributed by atoms with Crippen LogP contribution in [-0.2, 0) is 4.79 Å². The van der Waals surface area contributed by atoms with E-state index in [1.165, 1.54) is 12.8 Å². The molecule has 2 fully saturated rings. The van der Waals surface area contributed by atoms with Gasteiger partial charge < -0.3 is 10.2 Å². The second-order valence-electron chi connectivity index (χ2n) is 5.65. The van der Waals surface area contributed by atoms with E-state index < -0.39 is 0 Å². The molecule has 0 spiro atoms. The van der Waals surface area contributed by atoms with Gasteiger partial charge in [0.1, 0.15) is 0 Å². The average Bonchev–Trinajstić information content (AvgIpc) is 2.75. The molecule has 1 saturated carbocycles. The van der Waals surface area contributed by atoms with Crippen LogP contribution in [-0.4, -0.2) is 37.0 Å². The summed E-state index contributed by atoms with van der Waals surface area (Å²) in [4.78, 5) is 14.5. The number of rotatable bonds is 4. The number of likely N-dealkylation sites (tertiary alicyclic amines) is 1. The zero-order chi connectivity index (χ0) is 11.8. The molecule has 1 aliphatic heterocycles. The highest BCUT2D eigenvalue weighted by molar-refractivity contribution is 5.83. The second-order valence-corrected chi connectivity index (χ2v) is 5.65. The molecule has 1 saturated heterocycles. The van der Waals surface area contributed by atoms with Crippen molar-refractivity contribution in [1.82, 2.24) is 10.2 Å². The molecule has 0 aromatic carbocycles. The van der Waals surface area contributed by atoms with Gasteiger partial charge in [-0.3, -0.25) is 4.79 Å². The number of likely N-dealkylation sites (N-methyl/N-ethyl adjacent to an activating group) is 1. The summed E-state index contributed by atoms with van der Waals surface area (Å²) < 4.78 is 0. The molecule has 16 heavy (non-hydrogen) atoms. The third-order valence-corrected chi connectivity index (χ3v) is 4.56. The maximum atomic E-state index is 12.4. The first kappa shape index (κ1) is 11.9. The van der Waals surface area contributed by atoms with Crippen LogP contribution < -0.4 is 5.32 Å². The maximum absolute atomic E-state index is 12.4. The monoisotopic (exact) mass is 224 g/mol. The fourth-order valence-corrected chi connectivity index (χ4v) is 2.96. The van der Waals surface area contributed by atoms with Gasteiger partial charge >= 0.3 is 0 Å². The molecule has 2 rings (SSSR count). The second kappa shape index (κ2) is 4.36. The summed E-state index contributed by atoms with van der Waals surface area (Å²) in [5.74, 6) is 0.733. The Kier molecular flexibility index (Phi) is 3.24. The molecule has 1 aliphatic carbocycles. The van der Waals surface area contributed by atoms with Gasteiger partial charge in [-0.25, -0.2) is 0 Å². The topological polar surface area (TPSA) is 32.3 Å². The summed E-state index contributed by atoms with van der Waals surface area (Å²) in [6.07, 6.45) is 4.58. The number of nitrogens with zero attached hydrogens (tertiary/aromatic N) is 1. The summed E-state index contributed by atoms with van der Waals surface area (Å²) in [6.45, 7) is 6.36. The molecule has 0 radical (unpaired) electrons. The summed E-state index contributed by atoms with van der Waals surface area (Å²) in [6, 6.07) is 0.444. The van der Waals surface area contributed by atoms with E-state index in [4.69, 9.17) is 0 Å². The van der Waals surface area contributed by atoms with Gasteiger partial charge in [-0.1, -0.05) is 13.8 Å². The maximum Gasteiger partial charge on any atom is 0.226 e. The summed E-state index contributed by atoms with van der Waals surface area (Å²) in [7, 11) is 1.97. The van der Waals surface area contributed by atoms with Crippen molar-refractivity contribution in [3.63, 3.8) is 0 Å². The van der Waals surface area contributed by atoms with Crippen LogP contribution in [0.3, 0.4) is 0 Å². The fraction of sp³-hybridized carbons (Fsp3) is 0.923. The number of amides is 1. The van der Waals surface area contributed by atoms with Crippen LogP contribution in [0.5, 0.6) is 0 Å². The zero-order valence-electron chi connectivity index (χ0n) is 10.8. The molecule has 0 aromatic rings. The number of hydrogen-bond donors (Lipinski definition) is 1. The average molecular weight is 224 g/mol. The Morgan fingerprint density at radius 1 is 1.56 bits per heavy atom. The predicted molar refractivity (Wildman–Crippen MR) is 65.2 cm³/mol. The van der Waals surface area contributed by atoms with Gasteiger partial charge in [0.15, 0.2) is 0 Å². The largest absolute Gasteiger partial charge is 0.338 e. The van der Waals surface area contributed by atoms with Crippen LogP contribution in [0.2, 0.25) is 0 Å². The Morgan fingerprint density at radius 3 is 2.88 bits per heavy atom. The fourth-order valence-electron chi connectivity index (χ4n) is 2.96. The lowest BCUT2D eigenvalue weighted by atomic mass is 10.0. The quantitative estimate of drug-likeness (QED) is 0.787. The number of hydrogen-bond acceptors (Lipinski definition) is 2. The molecule has 3 atom stereocenters. The molecule has 3 heteroatoms. The molecular formula is C13H24N2O. The van der Waals surface area contributed by atoms with Crippen molar-refractivity contribution in [3.8, 4) is 0 Å². The molecule has 1 heterocycles. The lowest BCUT2D eigenvalue weighted by Crippen LogP contribution is -2.42. The minimum atomic E-state index is 0.309. The van der Waals surface area contributed by atoms with E-state index in [-0.39, 0.29) is 0 Å². The highest BCUT2D eigenvalue weighted by Gasteiger charge is 2.54. The Morgan fingerprint density at radius 2 is 2.31 bits per heavy atom. The highest BCUT2D eigenvalue weighted by Crippen LogP contribution is 2.55. The number of carbonyl (C=O) groups excluding carboxylic acids is 1. The van der Waals surface area contributed by atoms with Crippen molar-refractivity contribution < 1.29 is 4.79 Å². The van der Waals surface area contributed by atoms with Gasteiger partial charge in [-0.05, 0) is 38.1 Å². The predicted octanol–water partition coefficient (Wildman–Crippen LogP) is 1.63. The first-order valence-electron chi connectivity index (χ1n) is 6.57. The van der Waals surface area contributed by atoms with Crippen LogP contribution >= 0.6 is 0 Å². The SMILES string of the molecule is CCC1(C)CC1C(=O)N1CCCC1CNC. The first-order chi connectivity index (χ1) is 7.62. The van der Waals surface area contributed by atoms with E-state index in [0.717, 1.165) is 25.9 Å². The molecular weight excluding hydrogens is 200 g/mol. The lowest BCUT2D eigenvalue weighted by molar-refractivity contribution is -0.134. The Labute approximate surface area is 98.6 Å². The standard InChI is InChI=1S/C13H24N2O/c1-4-13(2)8-11(13)12(16)15-7-5-6-10(15)9-14-3/h10-11,14H,4-9H2,1-3H3. The van der Waals surface area contributed by atoms with Gasteiger partial charge in [-0.2, -0.15) is 0 Å². The molecule has 0 bridgehead atoms. The van der Waals surface area contributed by atoms with E-state index in [1.54, 1.807) is 0 Å². The Hall–Kier alpha value is -0.570. The van der Waals surface area contributed by atoms with Crippen LogP contribution in [0.25, 0.3) is 0 Å². The van der Waals surface area contributed by atoms with E-state index in [9.17, 15) is 4.79 Å². The van der Waals surface area contributed by atoms with Crippen molar-refractivity contribution in [1.29, 1.82) is 0 Å². The number of carbonyl (C=O) groups is 1. The summed E-state index contributed by atoms with van der Waals surface area (Å²) in [5.41, 5.74) is 0.309. The molecule has 3 unspecified atom stereocenters. The molecule has 2 aliphatic rings. The zero-order valence-corrected chi connectivity index (χ0v) is 10.8. The Balaban J connectivity index is 1.95. The van der Waals surface area contributed by atoms with Crippen molar-refractivity contribution in [2.75, 3.05) is 20.1 Å².